The van der Waals surface area contributed by atoms with E-state index < -0.39 is 0 Å². The Morgan fingerprint density at radius 1 is 1.12 bits per heavy atom. The summed E-state index contributed by atoms with van der Waals surface area (Å²) >= 11 is 0. The van der Waals surface area contributed by atoms with E-state index in [1.165, 1.54) is 0 Å². The third kappa shape index (κ3) is 2.55. The first-order valence-electron chi connectivity index (χ1n) is 6.10. The summed E-state index contributed by atoms with van der Waals surface area (Å²) in [5, 5.41) is 0. The average molecular weight is 222 g/mol. The van der Waals surface area contributed by atoms with Gasteiger partial charge in [0, 0.05) is 12.0 Å². The Morgan fingerprint density at radius 2 is 1.69 bits per heavy atom. The molecule has 2 heteroatoms. The molecule has 16 heavy (non-hydrogen) atoms. The van der Waals surface area contributed by atoms with E-state index in [0.29, 0.717) is 12.3 Å². The highest BCUT2D eigenvalue weighted by Gasteiger charge is 2.20. The second-order valence-electron chi connectivity index (χ2n) is 4.52. The summed E-state index contributed by atoms with van der Waals surface area (Å²) in [6.45, 7) is 10.0. The first-order valence-corrected chi connectivity index (χ1v) is 6.10. The van der Waals surface area contributed by atoms with Gasteiger partial charge in [-0.1, -0.05) is 26.7 Å². The Morgan fingerprint density at radius 3 is 2.06 bits per heavy atom. The van der Waals surface area contributed by atoms with E-state index in [0.717, 1.165) is 35.5 Å². The second-order valence-corrected chi connectivity index (χ2v) is 4.52. The van der Waals surface area contributed by atoms with E-state index in [2.05, 4.69) is 13.8 Å². The van der Waals surface area contributed by atoms with Crippen LogP contribution in [0.3, 0.4) is 0 Å². The first-order chi connectivity index (χ1) is 7.51. The molecule has 0 radical (unpaired) electrons. The molecule has 2 nitrogen and oxygen atoms in total. The minimum atomic E-state index is 0.237. The van der Waals surface area contributed by atoms with Crippen molar-refractivity contribution >= 4 is 5.78 Å². The average Bonchev–Trinajstić information content (AvgIpc) is 2.49. The molecule has 1 heterocycles. The molecule has 0 aliphatic carbocycles. The minimum absolute atomic E-state index is 0.237. The monoisotopic (exact) mass is 222 g/mol. The molecule has 0 fully saturated rings. The zero-order valence-electron chi connectivity index (χ0n) is 11.0. The van der Waals surface area contributed by atoms with Crippen LogP contribution < -0.4 is 0 Å². The SMILES string of the molecule is CCC(CC)CC(=O)c1c(C)oc(C)c1C. The van der Waals surface area contributed by atoms with Crippen molar-refractivity contribution in [3.05, 3.63) is 22.6 Å². The van der Waals surface area contributed by atoms with Crippen molar-refractivity contribution in [1.29, 1.82) is 0 Å². The molecule has 0 spiro atoms. The Kier molecular flexibility index (Phi) is 4.34. The third-order valence-corrected chi connectivity index (χ3v) is 3.47. The van der Waals surface area contributed by atoms with E-state index >= 15 is 0 Å². The van der Waals surface area contributed by atoms with Crippen LogP contribution in [0, 0.1) is 26.7 Å². The summed E-state index contributed by atoms with van der Waals surface area (Å²) in [6.07, 6.45) is 2.78. The Labute approximate surface area is 98.0 Å². The van der Waals surface area contributed by atoms with Crippen LogP contribution in [-0.4, -0.2) is 5.78 Å². The smallest absolute Gasteiger partial charge is 0.166 e. The molecule has 1 aromatic rings. The lowest BCUT2D eigenvalue weighted by Crippen LogP contribution is -2.09. The van der Waals surface area contributed by atoms with Crippen LogP contribution in [0.25, 0.3) is 0 Å². The second kappa shape index (κ2) is 5.33. The molecule has 1 aromatic heterocycles. The molecular formula is C14H22O2. The fraction of sp³-hybridized carbons (Fsp3) is 0.643. The van der Waals surface area contributed by atoms with Gasteiger partial charge in [-0.05, 0) is 26.7 Å². The number of carbonyl (C=O) groups excluding carboxylic acids is 1. The van der Waals surface area contributed by atoms with Gasteiger partial charge in [0.2, 0.25) is 0 Å². The predicted molar refractivity (Wildman–Crippen MR) is 65.9 cm³/mol. The maximum Gasteiger partial charge on any atom is 0.166 e. The summed E-state index contributed by atoms with van der Waals surface area (Å²) in [5.74, 6) is 2.37. The molecule has 0 atom stereocenters. The summed E-state index contributed by atoms with van der Waals surface area (Å²) in [4.78, 5) is 12.2. The number of ketones is 1. The zero-order valence-corrected chi connectivity index (χ0v) is 11.0. The molecule has 0 aliphatic rings. The molecule has 0 saturated heterocycles. The van der Waals surface area contributed by atoms with Crippen molar-refractivity contribution in [3.8, 4) is 0 Å². The Bertz CT molecular complexity index is 370. The van der Waals surface area contributed by atoms with Crippen molar-refractivity contribution in [3.63, 3.8) is 0 Å². The summed E-state index contributed by atoms with van der Waals surface area (Å²) in [6, 6.07) is 0. The molecule has 0 N–H and O–H groups in total. The highest BCUT2D eigenvalue weighted by atomic mass is 16.3. The van der Waals surface area contributed by atoms with Gasteiger partial charge in [0.25, 0.3) is 0 Å². The van der Waals surface area contributed by atoms with Crippen LogP contribution in [-0.2, 0) is 0 Å². The number of Topliss-reactive ketones (excluding diaryl/α,β-unsaturated/α-hetero) is 1. The normalized spacial score (nSPS) is 11.1. The van der Waals surface area contributed by atoms with Gasteiger partial charge >= 0.3 is 0 Å². The van der Waals surface area contributed by atoms with Crippen molar-refractivity contribution < 1.29 is 9.21 Å². The minimum Gasteiger partial charge on any atom is -0.466 e. The topological polar surface area (TPSA) is 30.2 Å². The molecule has 0 bridgehead atoms. The lowest BCUT2D eigenvalue weighted by molar-refractivity contribution is 0.0956. The van der Waals surface area contributed by atoms with Gasteiger partial charge in [-0.15, -0.1) is 0 Å². The largest absolute Gasteiger partial charge is 0.466 e. The van der Waals surface area contributed by atoms with Crippen LogP contribution in [0.4, 0.5) is 0 Å². The summed E-state index contributed by atoms with van der Waals surface area (Å²) < 4.78 is 5.49. The molecule has 90 valence electrons. The fourth-order valence-electron chi connectivity index (χ4n) is 2.14. The van der Waals surface area contributed by atoms with E-state index in [-0.39, 0.29) is 5.78 Å². The van der Waals surface area contributed by atoms with E-state index in [1.54, 1.807) is 0 Å². The lowest BCUT2D eigenvalue weighted by Gasteiger charge is -2.10. The van der Waals surface area contributed by atoms with Gasteiger partial charge in [-0.2, -0.15) is 0 Å². The van der Waals surface area contributed by atoms with Crippen LogP contribution in [0.1, 0.15) is 60.6 Å². The maximum absolute atomic E-state index is 12.2. The van der Waals surface area contributed by atoms with Gasteiger partial charge in [0.1, 0.15) is 11.5 Å². The third-order valence-electron chi connectivity index (χ3n) is 3.47. The van der Waals surface area contributed by atoms with E-state index in [4.69, 9.17) is 4.42 Å². The zero-order chi connectivity index (χ0) is 12.3. The highest BCUT2D eigenvalue weighted by Crippen LogP contribution is 2.24. The molecule has 0 aromatic carbocycles. The quantitative estimate of drug-likeness (QED) is 0.698. The van der Waals surface area contributed by atoms with Crippen molar-refractivity contribution in [2.24, 2.45) is 5.92 Å². The number of hydrogen-bond acceptors (Lipinski definition) is 2. The summed E-state index contributed by atoms with van der Waals surface area (Å²) in [5.41, 5.74) is 1.82. The van der Waals surface area contributed by atoms with Crippen molar-refractivity contribution in [2.45, 2.75) is 53.9 Å². The van der Waals surface area contributed by atoms with Crippen LogP contribution in [0.2, 0.25) is 0 Å². The first kappa shape index (κ1) is 13.0. The Balaban J connectivity index is 2.88. The number of furan rings is 1. The number of aryl methyl sites for hydroxylation is 2. The predicted octanol–water partition coefficient (Wildman–Crippen LogP) is 4.21. The van der Waals surface area contributed by atoms with Gasteiger partial charge in [0.05, 0.1) is 5.56 Å². The number of carbonyl (C=O) groups is 1. The highest BCUT2D eigenvalue weighted by molar-refractivity contribution is 5.98. The standard InChI is InChI=1S/C14H22O2/c1-6-12(7-2)8-13(15)14-9(3)10(4)16-11(14)5/h12H,6-8H2,1-5H3. The number of rotatable bonds is 5. The van der Waals surface area contributed by atoms with Gasteiger partial charge in [0.15, 0.2) is 5.78 Å². The van der Waals surface area contributed by atoms with Crippen molar-refractivity contribution in [2.75, 3.05) is 0 Å². The van der Waals surface area contributed by atoms with E-state index in [1.807, 2.05) is 20.8 Å². The molecule has 1 rings (SSSR count). The molecule has 0 amide bonds. The van der Waals surface area contributed by atoms with Crippen LogP contribution in [0.5, 0.6) is 0 Å². The maximum atomic E-state index is 12.2. The molecule has 0 unspecified atom stereocenters. The molecule has 0 saturated carbocycles. The van der Waals surface area contributed by atoms with Crippen molar-refractivity contribution in [1.82, 2.24) is 0 Å². The van der Waals surface area contributed by atoms with Crippen LogP contribution >= 0.6 is 0 Å². The number of hydrogen-bond donors (Lipinski definition) is 0. The fourth-order valence-corrected chi connectivity index (χ4v) is 2.14. The van der Waals surface area contributed by atoms with Gasteiger partial charge in [-0.3, -0.25) is 4.79 Å². The van der Waals surface area contributed by atoms with Gasteiger partial charge in [-0.25, -0.2) is 0 Å². The molecular weight excluding hydrogens is 200 g/mol. The lowest BCUT2D eigenvalue weighted by atomic mass is 9.92. The van der Waals surface area contributed by atoms with Crippen LogP contribution in [0.15, 0.2) is 4.42 Å². The molecule has 0 aliphatic heterocycles. The Hall–Kier alpha value is -1.05. The van der Waals surface area contributed by atoms with E-state index in [9.17, 15) is 4.79 Å². The summed E-state index contributed by atoms with van der Waals surface area (Å²) in [7, 11) is 0. The van der Waals surface area contributed by atoms with Gasteiger partial charge < -0.3 is 4.42 Å².